The minimum Gasteiger partial charge on any atom is -0.350 e. The molecular weight excluding hydrogens is 274 g/mol. The maximum Gasteiger partial charge on any atom is 0.220 e. The van der Waals surface area contributed by atoms with Gasteiger partial charge < -0.3 is 9.88 Å². The summed E-state index contributed by atoms with van der Waals surface area (Å²) < 4.78 is 1.97. The summed E-state index contributed by atoms with van der Waals surface area (Å²) in [5.41, 5.74) is 2.20. The van der Waals surface area contributed by atoms with Crippen LogP contribution in [0.3, 0.4) is 0 Å². The summed E-state index contributed by atoms with van der Waals surface area (Å²) in [6.45, 7) is 2.04. The zero-order valence-corrected chi connectivity index (χ0v) is 13.0. The minimum absolute atomic E-state index is 0.0470. The Morgan fingerprint density at radius 1 is 1.32 bits per heavy atom. The van der Waals surface area contributed by atoms with Gasteiger partial charge in [0, 0.05) is 24.5 Å². The van der Waals surface area contributed by atoms with E-state index in [2.05, 4.69) is 34.6 Å². The summed E-state index contributed by atoms with van der Waals surface area (Å²) in [7, 11) is 0. The van der Waals surface area contributed by atoms with Crippen molar-refractivity contribution in [1.82, 2.24) is 14.9 Å². The molecule has 1 aliphatic carbocycles. The van der Waals surface area contributed by atoms with E-state index in [0.717, 1.165) is 11.3 Å². The Hall–Kier alpha value is -2.10. The van der Waals surface area contributed by atoms with Crippen molar-refractivity contribution in [2.24, 2.45) is 5.92 Å². The van der Waals surface area contributed by atoms with Gasteiger partial charge in [-0.25, -0.2) is 4.98 Å². The first-order valence-corrected chi connectivity index (χ1v) is 8.10. The van der Waals surface area contributed by atoms with Gasteiger partial charge in [-0.1, -0.05) is 25.0 Å². The summed E-state index contributed by atoms with van der Waals surface area (Å²) >= 11 is 0. The van der Waals surface area contributed by atoms with Gasteiger partial charge in [0.15, 0.2) is 0 Å². The zero-order chi connectivity index (χ0) is 15.4. The second-order valence-corrected chi connectivity index (χ2v) is 6.21. The quantitative estimate of drug-likeness (QED) is 0.916. The minimum atomic E-state index is 0.0470. The summed E-state index contributed by atoms with van der Waals surface area (Å²) in [5.74, 6) is 0.772. The van der Waals surface area contributed by atoms with Crippen LogP contribution < -0.4 is 5.32 Å². The predicted octanol–water partition coefficient (Wildman–Crippen LogP) is 3.63. The van der Waals surface area contributed by atoms with E-state index < -0.39 is 0 Å². The molecule has 0 saturated heterocycles. The normalized spacial score (nSPS) is 16.6. The first-order chi connectivity index (χ1) is 10.7. The van der Waals surface area contributed by atoms with Crippen LogP contribution in [-0.4, -0.2) is 15.5 Å². The van der Waals surface area contributed by atoms with Crippen molar-refractivity contribution in [3.8, 4) is 5.69 Å². The first kappa shape index (κ1) is 14.8. The lowest BCUT2D eigenvalue weighted by atomic mass is 10.0. The number of amides is 1. The van der Waals surface area contributed by atoms with E-state index in [1.807, 2.05) is 17.7 Å². The van der Waals surface area contributed by atoms with Crippen LogP contribution in [-0.2, 0) is 4.79 Å². The van der Waals surface area contributed by atoms with E-state index in [-0.39, 0.29) is 11.9 Å². The molecule has 1 saturated carbocycles. The monoisotopic (exact) mass is 297 g/mol. The van der Waals surface area contributed by atoms with Crippen LogP contribution in [0, 0.1) is 5.92 Å². The molecule has 116 valence electrons. The fraction of sp³-hybridized carbons (Fsp3) is 0.444. The lowest BCUT2D eigenvalue weighted by Gasteiger charge is -2.16. The predicted molar refractivity (Wildman–Crippen MR) is 86.7 cm³/mol. The molecule has 3 rings (SSSR count). The van der Waals surface area contributed by atoms with Gasteiger partial charge in [-0.2, -0.15) is 0 Å². The van der Waals surface area contributed by atoms with Crippen LogP contribution in [0.5, 0.6) is 0 Å². The molecule has 0 radical (unpaired) electrons. The third kappa shape index (κ3) is 3.56. The number of benzene rings is 1. The second-order valence-electron chi connectivity index (χ2n) is 6.21. The van der Waals surface area contributed by atoms with E-state index in [9.17, 15) is 4.79 Å². The van der Waals surface area contributed by atoms with Gasteiger partial charge in [0.1, 0.15) is 0 Å². The summed E-state index contributed by atoms with van der Waals surface area (Å²) in [5, 5.41) is 3.12. The van der Waals surface area contributed by atoms with Crippen molar-refractivity contribution < 1.29 is 4.79 Å². The number of carbonyl (C=O) groups is 1. The first-order valence-electron chi connectivity index (χ1n) is 8.10. The number of aromatic nitrogens is 2. The average Bonchev–Trinajstić information content (AvgIpc) is 3.20. The van der Waals surface area contributed by atoms with Crippen molar-refractivity contribution in [3.63, 3.8) is 0 Å². The average molecular weight is 297 g/mol. The topological polar surface area (TPSA) is 46.9 Å². The van der Waals surface area contributed by atoms with Crippen molar-refractivity contribution >= 4 is 5.91 Å². The molecule has 2 aromatic rings. The van der Waals surface area contributed by atoms with E-state index >= 15 is 0 Å². The molecule has 0 unspecified atom stereocenters. The van der Waals surface area contributed by atoms with Crippen LogP contribution in [0.2, 0.25) is 0 Å². The van der Waals surface area contributed by atoms with E-state index in [4.69, 9.17) is 0 Å². The standard InChI is InChI=1S/C18H23N3O/c1-14(20-18(22)12-15-4-2-3-5-15)16-6-8-17(9-7-16)21-11-10-19-13-21/h6-11,13-15H,2-5,12H2,1H3,(H,20,22)/t14-/m0/s1. The molecule has 1 N–H and O–H groups in total. The molecule has 1 aliphatic rings. The van der Waals surface area contributed by atoms with Crippen molar-refractivity contribution in [2.75, 3.05) is 0 Å². The zero-order valence-electron chi connectivity index (χ0n) is 13.0. The maximum atomic E-state index is 12.1. The number of nitrogens with one attached hydrogen (secondary N) is 1. The highest BCUT2D eigenvalue weighted by Crippen LogP contribution is 2.27. The Bertz CT molecular complexity index is 598. The molecule has 1 aromatic carbocycles. The molecule has 1 aromatic heterocycles. The molecule has 1 fully saturated rings. The number of imidazole rings is 1. The molecule has 0 bridgehead atoms. The number of nitrogens with zero attached hydrogens (tertiary/aromatic N) is 2. The third-order valence-corrected chi connectivity index (χ3v) is 4.52. The Morgan fingerprint density at radius 2 is 2.05 bits per heavy atom. The lowest BCUT2D eigenvalue weighted by Crippen LogP contribution is -2.27. The second kappa shape index (κ2) is 6.77. The highest BCUT2D eigenvalue weighted by atomic mass is 16.1. The Morgan fingerprint density at radius 3 is 2.68 bits per heavy atom. The number of rotatable bonds is 5. The number of hydrogen-bond donors (Lipinski definition) is 1. The lowest BCUT2D eigenvalue weighted by molar-refractivity contribution is -0.122. The Kier molecular flexibility index (Phi) is 4.56. The van der Waals surface area contributed by atoms with Gasteiger partial charge in [0.05, 0.1) is 12.4 Å². The Balaban J connectivity index is 1.57. The van der Waals surface area contributed by atoms with E-state index in [0.29, 0.717) is 12.3 Å². The van der Waals surface area contributed by atoms with Gasteiger partial charge in [-0.05, 0) is 43.4 Å². The SMILES string of the molecule is C[C@H](NC(=O)CC1CCCC1)c1ccc(-n2ccnc2)cc1. The van der Waals surface area contributed by atoms with Gasteiger partial charge in [-0.15, -0.1) is 0 Å². The van der Waals surface area contributed by atoms with Crippen LogP contribution in [0.1, 0.15) is 50.6 Å². The number of hydrogen-bond acceptors (Lipinski definition) is 2. The van der Waals surface area contributed by atoms with Gasteiger partial charge >= 0.3 is 0 Å². The molecule has 0 spiro atoms. The van der Waals surface area contributed by atoms with Gasteiger partial charge in [-0.3, -0.25) is 4.79 Å². The van der Waals surface area contributed by atoms with E-state index in [1.165, 1.54) is 25.7 Å². The number of carbonyl (C=O) groups excluding carboxylic acids is 1. The summed E-state index contributed by atoms with van der Waals surface area (Å²) in [6.07, 6.45) is 11.1. The largest absolute Gasteiger partial charge is 0.350 e. The van der Waals surface area contributed by atoms with Crippen molar-refractivity contribution in [3.05, 3.63) is 48.5 Å². The molecule has 1 heterocycles. The molecular formula is C18H23N3O. The molecule has 1 amide bonds. The highest BCUT2D eigenvalue weighted by molar-refractivity contribution is 5.76. The fourth-order valence-corrected chi connectivity index (χ4v) is 3.21. The maximum absolute atomic E-state index is 12.1. The smallest absolute Gasteiger partial charge is 0.220 e. The van der Waals surface area contributed by atoms with Crippen LogP contribution in [0.15, 0.2) is 43.0 Å². The Labute approximate surface area is 131 Å². The summed E-state index contributed by atoms with van der Waals surface area (Å²) in [6, 6.07) is 8.28. The molecule has 4 nitrogen and oxygen atoms in total. The molecule has 22 heavy (non-hydrogen) atoms. The fourth-order valence-electron chi connectivity index (χ4n) is 3.21. The molecule has 4 heteroatoms. The summed E-state index contributed by atoms with van der Waals surface area (Å²) in [4.78, 5) is 16.2. The van der Waals surface area contributed by atoms with Crippen LogP contribution >= 0.6 is 0 Å². The van der Waals surface area contributed by atoms with Crippen molar-refractivity contribution in [2.45, 2.75) is 45.1 Å². The molecule has 1 atom stereocenters. The van der Waals surface area contributed by atoms with Crippen LogP contribution in [0.4, 0.5) is 0 Å². The highest BCUT2D eigenvalue weighted by Gasteiger charge is 2.19. The van der Waals surface area contributed by atoms with Gasteiger partial charge in [0.2, 0.25) is 5.91 Å². The van der Waals surface area contributed by atoms with E-state index in [1.54, 1.807) is 12.5 Å². The van der Waals surface area contributed by atoms with Crippen LogP contribution in [0.25, 0.3) is 5.69 Å². The van der Waals surface area contributed by atoms with Gasteiger partial charge in [0.25, 0.3) is 0 Å². The third-order valence-electron chi connectivity index (χ3n) is 4.52. The van der Waals surface area contributed by atoms with Crippen molar-refractivity contribution in [1.29, 1.82) is 0 Å². The molecule has 0 aliphatic heterocycles.